The molecule has 1 amide bonds. The minimum Gasteiger partial charge on any atom is -0.351 e. The van der Waals surface area contributed by atoms with Crippen LogP contribution in [0.4, 0.5) is 4.39 Å². The number of aromatic nitrogens is 2. The van der Waals surface area contributed by atoms with Crippen molar-refractivity contribution >= 4 is 18.3 Å². The van der Waals surface area contributed by atoms with Gasteiger partial charge in [-0.25, -0.2) is 9.07 Å². The number of aryl methyl sites for hydroxylation is 1. The van der Waals surface area contributed by atoms with Crippen molar-refractivity contribution < 1.29 is 9.18 Å². The van der Waals surface area contributed by atoms with Gasteiger partial charge in [-0.15, -0.1) is 12.4 Å². The summed E-state index contributed by atoms with van der Waals surface area (Å²) in [7, 11) is 0. The lowest BCUT2D eigenvalue weighted by Gasteiger charge is -2.09. The van der Waals surface area contributed by atoms with Gasteiger partial charge in [0.15, 0.2) is 5.69 Å². The summed E-state index contributed by atoms with van der Waals surface area (Å²) in [6, 6.07) is 5.12. The molecule has 146 valence electrons. The fraction of sp³-hybridized carbons (Fsp3) is 0.500. The van der Waals surface area contributed by atoms with Gasteiger partial charge in [-0.2, -0.15) is 5.10 Å². The monoisotopic (exact) mass is 392 g/mol. The number of carbonyl (C=O) groups excluding carboxylic acids is 1. The number of rotatable bonds is 5. The minimum absolute atomic E-state index is 0. The molecular formula is C20H26ClFN4O. The molecule has 1 saturated heterocycles. The molecule has 1 atom stereocenters. The van der Waals surface area contributed by atoms with E-state index in [0.29, 0.717) is 23.8 Å². The molecule has 0 radical (unpaired) electrons. The van der Waals surface area contributed by atoms with Crippen molar-refractivity contribution in [3.8, 4) is 5.69 Å². The highest BCUT2D eigenvalue weighted by Gasteiger charge is 2.27. The second-order valence-corrected chi connectivity index (χ2v) is 7.40. The number of hydrogen-bond acceptors (Lipinski definition) is 3. The van der Waals surface area contributed by atoms with E-state index < -0.39 is 0 Å². The van der Waals surface area contributed by atoms with Gasteiger partial charge in [0.05, 0.1) is 0 Å². The van der Waals surface area contributed by atoms with Crippen molar-refractivity contribution in [3.05, 3.63) is 46.5 Å². The van der Waals surface area contributed by atoms with E-state index >= 15 is 0 Å². The molecule has 2 aliphatic rings. The predicted molar refractivity (Wildman–Crippen MR) is 105 cm³/mol. The zero-order valence-electron chi connectivity index (χ0n) is 15.6. The Balaban J connectivity index is 0.00000210. The van der Waals surface area contributed by atoms with Crippen LogP contribution in [-0.4, -0.2) is 35.3 Å². The van der Waals surface area contributed by atoms with E-state index in [1.165, 1.54) is 12.5 Å². The Morgan fingerprint density at radius 1 is 1.41 bits per heavy atom. The van der Waals surface area contributed by atoms with E-state index in [-0.39, 0.29) is 24.1 Å². The molecule has 0 bridgehead atoms. The second kappa shape index (κ2) is 8.40. The van der Waals surface area contributed by atoms with Crippen LogP contribution < -0.4 is 10.6 Å². The van der Waals surface area contributed by atoms with Crippen molar-refractivity contribution in [2.75, 3.05) is 19.6 Å². The molecular weight excluding hydrogens is 367 g/mol. The molecule has 7 heteroatoms. The molecule has 5 nitrogen and oxygen atoms in total. The zero-order valence-corrected chi connectivity index (χ0v) is 16.4. The van der Waals surface area contributed by atoms with E-state index in [2.05, 4.69) is 15.7 Å². The van der Waals surface area contributed by atoms with Crippen LogP contribution in [0.3, 0.4) is 0 Å². The first kappa shape index (κ1) is 19.8. The maximum atomic E-state index is 14.4. The minimum atomic E-state index is -0.303. The summed E-state index contributed by atoms with van der Waals surface area (Å²) in [6.45, 7) is 4.62. The van der Waals surface area contributed by atoms with E-state index in [1.807, 2.05) is 13.0 Å². The molecule has 4 rings (SSSR count). The smallest absolute Gasteiger partial charge is 0.272 e. The van der Waals surface area contributed by atoms with Crippen LogP contribution in [0.2, 0.25) is 0 Å². The van der Waals surface area contributed by atoms with Gasteiger partial charge in [0, 0.05) is 17.8 Å². The summed E-state index contributed by atoms with van der Waals surface area (Å²) in [4.78, 5) is 12.7. The van der Waals surface area contributed by atoms with E-state index in [1.54, 1.807) is 10.7 Å². The SMILES string of the molecule is Cc1ccc(-n2nc(C(=O)NCCC3CCNC3)c3c2CCC3)c(F)c1.Cl. The normalized spacial score (nSPS) is 18.2. The number of nitrogens with one attached hydrogen (secondary N) is 2. The number of halogens is 2. The van der Waals surface area contributed by atoms with Gasteiger partial charge in [-0.1, -0.05) is 6.07 Å². The van der Waals surface area contributed by atoms with Gasteiger partial charge >= 0.3 is 0 Å². The Bertz CT molecular complexity index is 830. The van der Waals surface area contributed by atoms with E-state index in [0.717, 1.165) is 55.6 Å². The quantitative estimate of drug-likeness (QED) is 0.822. The van der Waals surface area contributed by atoms with Crippen molar-refractivity contribution in [2.24, 2.45) is 5.92 Å². The molecule has 1 aromatic heterocycles. The van der Waals surface area contributed by atoms with Crippen LogP contribution in [0.15, 0.2) is 18.2 Å². The van der Waals surface area contributed by atoms with Gasteiger partial charge in [-0.05, 0) is 75.7 Å². The average Bonchev–Trinajstić information content (AvgIpc) is 3.32. The molecule has 1 aliphatic heterocycles. The highest BCUT2D eigenvalue weighted by Crippen LogP contribution is 2.29. The summed E-state index contributed by atoms with van der Waals surface area (Å²) in [5.41, 5.74) is 3.70. The molecule has 0 spiro atoms. The second-order valence-electron chi connectivity index (χ2n) is 7.40. The van der Waals surface area contributed by atoms with Crippen LogP contribution in [0.5, 0.6) is 0 Å². The summed E-state index contributed by atoms with van der Waals surface area (Å²) >= 11 is 0. The first-order chi connectivity index (χ1) is 12.6. The Kier molecular flexibility index (Phi) is 6.17. The van der Waals surface area contributed by atoms with Gasteiger partial charge in [0.25, 0.3) is 5.91 Å². The zero-order chi connectivity index (χ0) is 18.1. The molecule has 2 aromatic rings. The van der Waals surface area contributed by atoms with Crippen LogP contribution in [-0.2, 0) is 12.8 Å². The summed E-state index contributed by atoms with van der Waals surface area (Å²) < 4.78 is 16.1. The van der Waals surface area contributed by atoms with Crippen LogP contribution in [0, 0.1) is 18.7 Å². The fourth-order valence-electron chi connectivity index (χ4n) is 4.04. The fourth-order valence-corrected chi connectivity index (χ4v) is 4.04. The van der Waals surface area contributed by atoms with Gasteiger partial charge in [0.2, 0.25) is 0 Å². The lowest BCUT2D eigenvalue weighted by Crippen LogP contribution is -2.27. The van der Waals surface area contributed by atoms with Gasteiger partial charge < -0.3 is 10.6 Å². The third-order valence-electron chi connectivity index (χ3n) is 5.48. The van der Waals surface area contributed by atoms with Crippen molar-refractivity contribution in [1.29, 1.82) is 0 Å². The molecule has 2 heterocycles. The summed E-state index contributed by atoms with van der Waals surface area (Å²) in [5, 5.41) is 10.8. The number of amides is 1. The van der Waals surface area contributed by atoms with Crippen molar-refractivity contribution in [1.82, 2.24) is 20.4 Å². The van der Waals surface area contributed by atoms with Crippen molar-refractivity contribution in [2.45, 2.75) is 39.0 Å². The Morgan fingerprint density at radius 2 is 2.26 bits per heavy atom. The standard InChI is InChI=1S/C20H25FN4O.ClH/c1-13-5-6-18(16(21)11-13)25-17-4-2-3-15(17)19(24-25)20(26)23-10-8-14-7-9-22-12-14;/h5-6,11,14,22H,2-4,7-10,12H2,1H3,(H,23,26);1H. The first-order valence-corrected chi connectivity index (χ1v) is 9.49. The van der Waals surface area contributed by atoms with E-state index in [9.17, 15) is 9.18 Å². The van der Waals surface area contributed by atoms with Crippen LogP contribution >= 0.6 is 12.4 Å². The van der Waals surface area contributed by atoms with E-state index in [4.69, 9.17) is 0 Å². The first-order valence-electron chi connectivity index (χ1n) is 9.49. The van der Waals surface area contributed by atoms with Crippen molar-refractivity contribution in [3.63, 3.8) is 0 Å². The molecule has 1 aliphatic carbocycles. The Morgan fingerprint density at radius 3 is 3.00 bits per heavy atom. The number of hydrogen-bond donors (Lipinski definition) is 2. The molecule has 1 unspecified atom stereocenters. The average molecular weight is 393 g/mol. The number of benzene rings is 1. The van der Waals surface area contributed by atoms with Crippen LogP contribution in [0.1, 0.15) is 46.6 Å². The summed E-state index contributed by atoms with van der Waals surface area (Å²) in [5.74, 6) is 0.198. The highest BCUT2D eigenvalue weighted by atomic mass is 35.5. The predicted octanol–water partition coefficient (Wildman–Crippen LogP) is 2.96. The molecule has 0 saturated carbocycles. The molecule has 1 fully saturated rings. The van der Waals surface area contributed by atoms with Gasteiger partial charge in [-0.3, -0.25) is 4.79 Å². The maximum absolute atomic E-state index is 14.4. The Labute approximate surface area is 165 Å². The summed E-state index contributed by atoms with van der Waals surface area (Å²) in [6.07, 6.45) is 4.80. The third kappa shape index (κ3) is 4.01. The molecule has 27 heavy (non-hydrogen) atoms. The highest BCUT2D eigenvalue weighted by molar-refractivity contribution is 5.94. The lowest BCUT2D eigenvalue weighted by molar-refractivity contribution is 0.0945. The third-order valence-corrected chi connectivity index (χ3v) is 5.48. The van der Waals surface area contributed by atoms with Gasteiger partial charge in [0.1, 0.15) is 11.5 Å². The topological polar surface area (TPSA) is 59.0 Å². The number of carbonyl (C=O) groups is 1. The molecule has 1 aromatic carbocycles. The number of fused-ring (bicyclic) bond motifs is 1. The number of nitrogens with zero attached hydrogens (tertiary/aromatic N) is 2. The largest absolute Gasteiger partial charge is 0.351 e. The Hall–Kier alpha value is -1.92. The van der Waals surface area contributed by atoms with Crippen LogP contribution in [0.25, 0.3) is 5.69 Å². The lowest BCUT2D eigenvalue weighted by atomic mass is 10.1. The molecule has 2 N–H and O–H groups in total. The maximum Gasteiger partial charge on any atom is 0.272 e.